The van der Waals surface area contributed by atoms with E-state index in [2.05, 4.69) is 20.8 Å². The van der Waals surface area contributed by atoms with E-state index in [1.165, 1.54) is 6.08 Å². The van der Waals surface area contributed by atoms with E-state index in [9.17, 15) is 9.59 Å². The Labute approximate surface area is 133 Å². The van der Waals surface area contributed by atoms with Crippen molar-refractivity contribution in [3.8, 4) is 0 Å². The third-order valence-electron chi connectivity index (χ3n) is 5.14. The maximum absolute atomic E-state index is 11.8. The number of rotatable bonds is 6. The summed E-state index contributed by atoms with van der Waals surface area (Å²) < 4.78 is 10.9. The van der Waals surface area contributed by atoms with Crippen molar-refractivity contribution in [1.82, 2.24) is 0 Å². The molecule has 5 unspecified atom stereocenters. The number of carbonyl (C=O) groups is 2. The molecule has 4 nitrogen and oxygen atoms in total. The van der Waals surface area contributed by atoms with Crippen molar-refractivity contribution in [2.24, 2.45) is 17.8 Å². The molecule has 0 amide bonds. The molecule has 1 saturated heterocycles. The molecular weight excluding hydrogens is 280 g/mol. The van der Waals surface area contributed by atoms with Crippen molar-refractivity contribution in [2.75, 3.05) is 0 Å². The third kappa shape index (κ3) is 4.59. The Kier molecular flexibility index (Phi) is 6.04. The van der Waals surface area contributed by atoms with E-state index in [1.807, 2.05) is 6.08 Å². The molecule has 0 N–H and O–H groups in total. The smallest absolute Gasteiger partial charge is 0.330 e. The predicted octanol–water partition coefficient (Wildman–Crippen LogP) is 3.64. The van der Waals surface area contributed by atoms with E-state index in [0.717, 1.165) is 32.1 Å². The molecule has 124 valence electrons. The summed E-state index contributed by atoms with van der Waals surface area (Å²) in [5.74, 6) is 0.863. The minimum atomic E-state index is -0.235. The first-order chi connectivity index (χ1) is 10.5. The second-order valence-corrected chi connectivity index (χ2v) is 6.89. The summed E-state index contributed by atoms with van der Waals surface area (Å²) in [6.45, 7) is 6.41. The van der Waals surface area contributed by atoms with E-state index in [1.54, 1.807) is 0 Å². The van der Waals surface area contributed by atoms with Gasteiger partial charge in [-0.05, 0) is 37.0 Å². The van der Waals surface area contributed by atoms with Crippen molar-refractivity contribution >= 4 is 11.9 Å². The van der Waals surface area contributed by atoms with Gasteiger partial charge in [0.05, 0.1) is 0 Å². The van der Waals surface area contributed by atoms with Gasteiger partial charge in [0.25, 0.3) is 0 Å². The van der Waals surface area contributed by atoms with Gasteiger partial charge in [-0.15, -0.1) is 0 Å². The van der Waals surface area contributed by atoms with Crippen LogP contribution in [0.25, 0.3) is 0 Å². The van der Waals surface area contributed by atoms with Crippen LogP contribution in [0.1, 0.15) is 59.3 Å². The Bertz CT molecular complexity index is 429. The second kappa shape index (κ2) is 7.80. The van der Waals surface area contributed by atoms with Crippen LogP contribution in [-0.4, -0.2) is 24.1 Å². The predicted molar refractivity (Wildman–Crippen MR) is 84.1 cm³/mol. The van der Waals surface area contributed by atoms with Gasteiger partial charge in [0.1, 0.15) is 12.2 Å². The topological polar surface area (TPSA) is 52.6 Å². The van der Waals surface area contributed by atoms with Crippen LogP contribution in [0.3, 0.4) is 0 Å². The van der Waals surface area contributed by atoms with Crippen LogP contribution >= 0.6 is 0 Å². The van der Waals surface area contributed by atoms with Crippen LogP contribution in [0.2, 0.25) is 0 Å². The lowest BCUT2D eigenvalue weighted by atomic mass is 9.83. The lowest BCUT2D eigenvalue weighted by Gasteiger charge is -2.33. The SMILES string of the molecule is CCC(C)C1CC(CCC(C)C2CC=CC(=O)O2)CC(=O)O1. The summed E-state index contributed by atoms with van der Waals surface area (Å²) in [4.78, 5) is 23.1. The molecule has 2 aliphatic rings. The molecule has 4 heteroatoms. The summed E-state index contributed by atoms with van der Waals surface area (Å²) in [6.07, 6.45) is 8.77. The quantitative estimate of drug-likeness (QED) is 0.703. The molecular formula is C18H28O4. The zero-order chi connectivity index (χ0) is 16.1. The number of hydrogen-bond acceptors (Lipinski definition) is 4. The molecule has 2 rings (SSSR count). The number of hydrogen-bond donors (Lipinski definition) is 0. The molecule has 2 heterocycles. The fraction of sp³-hybridized carbons (Fsp3) is 0.778. The van der Waals surface area contributed by atoms with E-state index >= 15 is 0 Å². The van der Waals surface area contributed by atoms with Crippen molar-refractivity contribution in [3.05, 3.63) is 12.2 Å². The standard InChI is InChI=1S/C18H28O4/c1-4-12(2)16-10-14(11-18(20)22-16)9-8-13(3)15-6-5-7-17(19)21-15/h5,7,12-16H,4,6,8-11H2,1-3H3. The van der Waals surface area contributed by atoms with Crippen LogP contribution in [0, 0.1) is 17.8 Å². The first kappa shape index (κ1) is 17.0. The average Bonchev–Trinajstić information content (AvgIpc) is 2.51. The van der Waals surface area contributed by atoms with E-state index in [4.69, 9.17) is 9.47 Å². The highest BCUT2D eigenvalue weighted by Crippen LogP contribution is 2.32. The Hall–Kier alpha value is -1.32. The summed E-state index contributed by atoms with van der Waals surface area (Å²) in [7, 11) is 0. The van der Waals surface area contributed by atoms with E-state index in [-0.39, 0.29) is 24.1 Å². The van der Waals surface area contributed by atoms with Gasteiger partial charge in [0.15, 0.2) is 0 Å². The zero-order valence-corrected chi connectivity index (χ0v) is 13.9. The number of carbonyl (C=O) groups excluding carboxylic acids is 2. The van der Waals surface area contributed by atoms with Crippen LogP contribution in [0.15, 0.2) is 12.2 Å². The van der Waals surface area contributed by atoms with Gasteiger partial charge >= 0.3 is 11.9 Å². The summed E-state index contributed by atoms with van der Waals surface area (Å²) >= 11 is 0. The minimum Gasteiger partial charge on any atom is -0.462 e. The second-order valence-electron chi connectivity index (χ2n) is 6.89. The number of cyclic esters (lactones) is 2. The molecule has 22 heavy (non-hydrogen) atoms. The number of ether oxygens (including phenoxy) is 2. The van der Waals surface area contributed by atoms with Crippen molar-refractivity contribution in [2.45, 2.75) is 71.5 Å². The summed E-state index contributed by atoms with van der Waals surface area (Å²) in [6, 6.07) is 0. The molecule has 1 fully saturated rings. The highest BCUT2D eigenvalue weighted by molar-refractivity contribution is 5.82. The average molecular weight is 308 g/mol. The molecule has 0 aromatic heterocycles. The van der Waals surface area contributed by atoms with Gasteiger partial charge in [0.2, 0.25) is 0 Å². The Balaban J connectivity index is 1.81. The van der Waals surface area contributed by atoms with Gasteiger partial charge in [0, 0.05) is 18.9 Å². The first-order valence-corrected chi connectivity index (χ1v) is 8.56. The fourth-order valence-corrected chi connectivity index (χ4v) is 3.31. The summed E-state index contributed by atoms with van der Waals surface area (Å²) in [5.41, 5.74) is 0. The molecule has 0 aliphatic carbocycles. The Morgan fingerprint density at radius 3 is 2.64 bits per heavy atom. The lowest BCUT2D eigenvalue weighted by molar-refractivity contribution is -0.160. The zero-order valence-electron chi connectivity index (χ0n) is 13.9. The molecule has 0 aromatic rings. The minimum absolute atomic E-state index is 0.0154. The van der Waals surface area contributed by atoms with Gasteiger partial charge in [-0.1, -0.05) is 33.3 Å². The molecule has 0 bridgehead atoms. The number of esters is 2. The maximum atomic E-state index is 11.8. The lowest BCUT2D eigenvalue weighted by Crippen LogP contribution is -2.34. The van der Waals surface area contributed by atoms with Gasteiger partial charge in [-0.3, -0.25) is 4.79 Å². The molecule has 2 aliphatic heterocycles. The van der Waals surface area contributed by atoms with Crippen molar-refractivity contribution in [3.63, 3.8) is 0 Å². The van der Waals surface area contributed by atoms with E-state index in [0.29, 0.717) is 24.2 Å². The fourth-order valence-electron chi connectivity index (χ4n) is 3.31. The third-order valence-corrected chi connectivity index (χ3v) is 5.14. The van der Waals surface area contributed by atoms with Crippen molar-refractivity contribution in [1.29, 1.82) is 0 Å². The normalized spacial score (nSPS) is 31.3. The highest BCUT2D eigenvalue weighted by atomic mass is 16.5. The summed E-state index contributed by atoms with van der Waals surface area (Å²) in [5, 5.41) is 0. The van der Waals surface area contributed by atoms with Gasteiger partial charge in [-0.25, -0.2) is 4.79 Å². The first-order valence-electron chi connectivity index (χ1n) is 8.56. The monoisotopic (exact) mass is 308 g/mol. The van der Waals surface area contributed by atoms with Crippen molar-refractivity contribution < 1.29 is 19.1 Å². The molecule has 5 atom stereocenters. The Morgan fingerprint density at radius 2 is 1.95 bits per heavy atom. The van der Waals surface area contributed by atoms with Crippen LogP contribution in [0.4, 0.5) is 0 Å². The molecule has 0 aromatic carbocycles. The Morgan fingerprint density at radius 1 is 1.18 bits per heavy atom. The van der Waals surface area contributed by atoms with Crippen LogP contribution in [-0.2, 0) is 19.1 Å². The van der Waals surface area contributed by atoms with Crippen LogP contribution < -0.4 is 0 Å². The van der Waals surface area contributed by atoms with Crippen LogP contribution in [0.5, 0.6) is 0 Å². The molecule has 0 spiro atoms. The van der Waals surface area contributed by atoms with E-state index < -0.39 is 0 Å². The largest absolute Gasteiger partial charge is 0.462 e. The van der Waals surface area contributed by atoms with Gasteiger partial charge < -0.3 is 9.47 Å². The molecule has 0 radical (unpaired) electrons. The molecule has 0 saturated carbocycles. The highest BCUT2D eigenvalue weighted by Gasteiger charge is 2.32. The van der Waals surface area contributed by atoms with Gasteiger partial charge in [-0.2, -0.15) is 0 Å². The maximum Gasteiger partial charge on any atom is 0.330 e.